The van der Waals surface area contributed by atoms with Crippen molar-refractivity contribution < 1.29 is 4.79 Å². The Kier molecular flexibility index (Phi) is 7.19. The maximum atomic E-state index is 12.8. The minimum Gasteiger partial charge on any atom is -0.335 e. The van der Waals surface area contributed by atoms with E-state index in [4.69, 9.17) is 0 Å². The molecule has 0 aromatic carbocycles. The molecule has 2 fully saturated rings. The van der Waals surface area contributed by atoms with Crippen molar-refractivity contribution in [3.8, 4) is 10.7 Å². The lowest BCUT2D eigenvalue weighted by Crippen LogP contribution is -2.43. The third-order valence-corrected chi connectivity index (χ3v) is 5.62. The Labute approximate surface area is 164 Å². The van der Waals surface area contributed by atoms with E-state index in [1.54, 1.807) is 17.5 Å². The van der Waals surface area contributed by atoms with Gasteiger partial charge in [0.25, 0.3) is 0 Å². The summed E-state index contributed by atoms with van der Waals surface area (Å²) < 4.78 is 0. The fourth-order valence-corrected chi connectivity index (χ4v) is 4.43. The molecule has 2 aliphatic heterocycles. The number of hydrogen-bond acceptors (Lipinski definition) is 5. The van der Waals surface area contributed by atoms with Gasteiger partial charge in [-0.3, -0.25) is 9.78 Å². The molecule has 0 saturated carbocycles. The number of aromatic nitrogens is 2. The molecule has 4 rings (SSSR count). The maximum Gasteiger partial charge on any atom is 0.229 e. The van der Waals surface area contributed by atoms with E-state index in [-0.39, 0.29) is 30.7 Å². The minimum absolute atomic E-state index is 0. The number of fused-ring (bicyclic) bond motifs is 2. The van der Waals surface area contributed by atoms with Gasteiger partial charge in [0, 0.05) is 30.2 Å². The van der Waals surface area contributed by atoms with Gasteiger partial charge in [0.1, 0.15) is 5.01 Å². The van der Waals surface area contributed by atoms with E-state index in [9.17, 15) is 4.79 Å². The Morgan fingerprint density at radius 2 is 2.08 bits per heavy atom. The van der Waals surface area contributed by atoms with Crippen molar-refractivity contribution in [3.63, 3.8) is 0 Å². The van der Waals surface area contributed by atoms with E-state index in [1.807, 2.05) is 23.6 Å². The Hall–Kier alpha value is -1.21. The summed E-state index contributed by atoms with van der Waals surface area (Å²) in [6.07, 6.45) is 5.51. The van der Waals surface area contributed by atoms with Crippen LogP contribution in [0.2, 0.25) is 0 Å². The van der Waals surface area contributed by atoms with Crippen molar-refractivity contribution in [2.45, 2.75) is 37.8 Å². The van der Waals surface area contributed by atoms with Crippen molar-refractivity contribution in [2.75, 3.05) is 13.1 Å². The van der Waals surface area contributed by atoms with Crippen LogP contribution < -0.4 is 5.32 Å². The third kappa shape index (κ3) is 4.31. The summed E-state index contributed by atoms with van der Waals surface area (Å²) in [7, 11) is 0. The van der Waals surface area contributed by atoms with E-state index in [0.717, 1.165) is 48.7 Å². The Balaban J connectivity index is 0.00000113. The quantitative estimate of drug-likeness (QED) is 0.859. The molecule has 4 heterocycles. The molecule has 0 spiro atoms. The molecular weight excluding hydrogens is 379 g/mol. The smallest absolute Gasteiger partial charge is 0.229 e. The van der Waals surface area contributed by atoms with Gasteiger partial charge in [-0.1, -0.05) is 6.07 Å². The summed E-state index contributed by atoms with van der Waals surface area (Å²) in [5, 5.41) is 6.31. The average Bonchev–Trinajstić information content (AvgIpc) is 3.11. The molecule has 2 aromatic rings. The Morgan fingerprint density at radius 3 is 2.88 bits per heavy atom. The van der Waals surface area contributed by atoms with Crippen molar-refractivity contribution in [1.82, 2.24) is 20.2 Å². The van der Waals surface area contributed by atoms with Crippen LogP contribution >= 0.6 is 36.2 Å². The zero-order valence-corrected chi connectivity index (χ0v) is 16.2. The number of thiazole rings is 1. The van der Waals surface area contributed by atoms with Crippen LogP contribution in [-0.4, -0.2) is 45.9 Å². The highest BCUT2D eigenvalue weighted by Crippen LogP contribution is 2.29. The molecule has 0 radical (unpaired) electrons. The summed E-state index contributed by atoms with van der Waals surface area (Å²) in [6.45, 7) is 1.95. The van der Waals surface area contributed by atoms with Crippen LogP contribution in [0.15, 0.2) is 29.8 Å². The fourth-order valence-electron chi connectivity index (χ4n) is 3.63. The number of pyridine rings is 1. The molecule has 2 aliphatic rings. The average molecular weight is 401 g/mol. The van der Waals surface area contributed by atoms with Crippen molar-refractivity contribution in [3.05, 3.63) is 35.5 Å². The van der Waals surface area contributed by atoms with E-state index in [1.165, 1.54) is 0 Å². The first-order valence-electron chi connectivity index (χ1n) is 8.19. The number of amides is 1. The van der Waals surface area contributed by atoms with Crippen LogP contribution in [0.3, 0.4) is 0 Å². The molecule has 2 bridgehead atoms. The fraction of sp³-hybridized carbons (Fsp3) is 0.471. The van der Waals surface area contributed by atoms with Gasteiger partial charge in [0.2, 0.25) is 5.91 Å². The molecule has 8 heteroatoms. The lowest BCUT2D eigenvalue weighted by Gasteiger charge is -2.27. The molecule has 2 atom stereocenters. The van der Waals surface area contributed by atoms with Gasteiger partial charge < -0.3 is 10.2 Å². The Bertz CT molecular complexity index is 683. The lowest BCUT2D eigenvalue weighted by molar-refractivity contribution is -0.133. The molecule has 5 nitrogen and oxygen atoms in total. The molecule has 1 N–H and O–H groups in total. The highest BCUT2D eigenvalue weighted by molar-refractivity contribution is 7.13. The molecule has 2 aromatic heterocycles. The van der Waals surface area contributed by atoms with E-state index in [2.05, 4.69) is 20.2 Å². The van der Waals surface area contributed by atoms with Gasteiger partial charge in [-0.05, 0) is 37.9 Å². The zero-order chi connectivity index (χ0) is 15.6. The lowest BCUT2D eigenvalue weighted by atomic mass is 10.1. The van der Waals surface area contributed by atoms with Crippen LogP contribution in [-0.2, 0) is 11.2 Å². The number of halogens is 2. The molecule has 0 aliphatic carbocycles. The number of carbonyl (C=O) groups is 1. The first-order chi connectivity index (χ1) is 11.3. The van der Waals surface area contributed by atoms with Crippen LogP contribution in [0.4, 0.5) is 0 Å². The van der Waals surface area contributed by atoms with Crippen molar-refractivity contribution in [2.24, 2.45) is 0 Å². The van der Waals surface area contributed by atoms with Crippen LogP contribution in [0.5, 0.6) is 0 Å². The second kappa shape index (κ2) is 8.94. The Morgan fingerprint density at radius 1 is 1.24 bits per heavy atom. The molecule has 2 saturated heterocycles. The normalized spacial score (nSPS) is 21.8. The molecule has 136 valence electrons. The van der Waals surface area contributed by atoms with Crippen LogP contribution in [0, 0.1) is 0 Å². The van der Waals surface area contributed by atoms with Crippen LogP contribution in [0.25, 0.3) is 10.7 Å². The van der Waals surface area contributed by atoms with Gasteiger partial charge in [-0.25, -0.2) is 4.98 Å². The van der Waals surface area contributed by atoms with Crippen LogP contribution in [0.1, 0.15) is 25.0 Å². The first-order valence-corrected chi connectivity index (χ1v) is 9.07. The maximum absolute atomic E-state index is 12.8. The van der Waals surface area contributed by atoms with E-state index < -0.39 is 0 Å². The predicted molar refractivity (Wildman–Crippen MR) is 105 cm³/mol. The summed E-state index contributed by atoms with van der Waals surface area (Å²) in [5.74, 6) is 0.221. The number of hydrogen-bond donors (Lipinski definition) is 1. The highest BCUT2D eigenvalue weighted by Gasteiger charge is 2.37. The highest BCUT2D eigenvalue weighted by atomic mass is 35.5. The summed E-state index contributed by atoms with van der Waals surface area (Å²) in [4.78, 5) is 23.8. The second-order valence-electron chi connectivity index (χ2n) is 6.21. The standard InChI is InChI=1S/C17H20N4OS.2ClH/c22-16(21-13-4-5-14(21)10-18-8-6-13)9-12-11-23-17(20-12)15-3-1-2-7-19-15;;/h1-3,7,11,13-14,18H,4-6,8-10H2;2*1H. The second-order valence-corrected chi connectivity index (χ2v) is 7.07. The van der Waals surface area contributed by atoms with Gasteiger partial charge in [0.15, 0.2) is 0 Å². The van der Waals surface area contributed by atoms with Gasteiger partial charge in [-0.2, -0.15) is 0 Å². The largest absolute Gasteiger partial charge is 0.335 e. The number of nitrogens with zero attached hydrogens (tertiary/aromatic N) is 3. The summed E-state index contributed by atoms with van der Waals surface area (Å²) in [6, 6.07) is 6.58. The molecular formula is C17H22Cl2N4OS. The van der Waals surface area contributed by atoms with Gasteiger partial charge in [0.05, 0.1) is 17.8 Å². The topological polar surface area (TPSA) is 58.1 Å². The summed E-state index contributed by atoms with van der Waals surface area (Å²) in [5.41, 5.74) is 1.73. The number of rotatable bonds is 3. The predicted octanol–water partition coefficient (Wildman–Crippen LogP) is 2.94. The monoisotopic (exact) mass is 400 g/mol. The van der Waals surface area contributed by atoms with Gasteiger partial charge >= 0.3 is 0 Å². The van der Waals surface area contributed by atoms with Crippen molar-refractivity contribution in [1.29, 1.82) is 0 Å². The molecule has 1 amide bonds. The van der Waals surface area contributed by atoms with E-state index >= 15 is 0 Å². The van der Waals surface area contributed by atoms with Crippen molar-refractivity contribution >= 4 is 42.1 Å². The summed E-state index contributed by atoms with van der Waals surface area (Å²) >= 11 is 1.56. The zero-order valence-electron chi connectivity index (χ0n) is 13.8. The third-order valence-electron chi connectivity index (χ3n) is 4.71. The number of nitrogens with one attached hydrogen (secondary N) is 1. The SMILES string of the molecule is Cl.Cl.O=C(Cc1csc(-c2ccccn2)n1)N1C2CCNCC1CC2. The van der Waals surface area contributed by atoms with E-state index in [0.29, 0.717) is 18.5 Å². The first kappa shape index (κ1) is 20.1. The van der Waals surface area contributed by atoms with Gasteiger partial charge in [-0.15, -0.1) is 36.2 Å². The minimum atomic E-state index is 0. The number of carbonyl (C=O) groups excluding carboxylic acids is 1. The molecule has 25 heavy (non-hydrogen) atoms. The molecule has 2 unspecified atom stereocenters.